The molecule has 0 unspecified atom stereocenters. The zero-order chi connectivity index (χ0) is 22.4. The largest absolute Gasteiger partial charge is 0.494 e. The van der Waals surface area contributed by atoms with Crippen molar-refractivity contribution in [2.45, 2.75) is 6.92 Å². The van der Waals surface area contributed by atoms with E-state index in [0.717, 1.165) is 5.39 Å². The topological polar surface area (TPSA) is 99.4 Å². The van der Waals surface area contributed by atoms with E-state index in [-0.39, 0.29) is 17.4 Å². The lowest BCUT2D eigenvalue weighted by molar-refractivity contribution is -0.142. The van der Waals surface area contributed by atoms with E-state index in [1.54, 1.807) is 36.4 Å². The molecular formula is C21H18BrClN2O6. The number of nitrogens with one attached hydrogen (secondary N) is 1. The van der Waals surface area contributed by atoms with Gasteiger partial charge in [-0.2, -0.15) is 5.10 Å². The molecule has 31 heavy (non-hydrogen) atoms. The molecule has 0 bridgehead atoms. The number of furan rings is 1. The predicted molar refractivity (Wildman–Crippen MR) is 119 cm³/mol. The third-order valence-electron chi connectivity index (χ3n) is 3.98. The number of carbonyl (C=O) groups is 2. The summed E-state index contributed by atoms with van der Waals surface area (Å²) in [7, 11) is 1.26. The molecule has 1 aromatic heterocycles. The van der Waals surface area contributed by atoms with Crippen LogP contribution in [0.4, 0.5) is 0 Å². The summed E-state index contributed by atoms with van der Waals surface area (Å²) in [6.07, 6.45) is 1.41. The van der Waals surface area contributed by atoms with Crippen molar-refractivity contribution in [3.05, 3.63) is 57.2 Å². The van der Waals surface area contributed by atoms with Gasteiger partial charge in [-0.3, -0.25) is 4.79 Å². The molecule has 162 valence electrons. The first-order valence-electron chi connectivity index (χ1n) is 9.09. The normalized spacial score (nSPS) is 11.0. The monoisotopic (exact) mass is 508 g/mol. The first kappa shape index (κ1) is 22.6. The van der Waals surface area contributed by atoms with Crippen LogP contribution >= 0.6 is 27.5 Å². The molecule has 2 aromatic carbocycles. The summed E-state index contributed by atoms with van der Waals surface area (Å²) in [5.74, 6) is 0.0698. The Hall–Kier alpha value is -3.04. The molecule has 1 N–H and O–H groups in total. The number of halogens is 2. The number of ether oxygens (including phenoxy) is 3. The standard InChI is InChI=1S/C21H18BrClN2O6/c1-3-29-14-4-5-17-13(8-14)9-18(31-17)21(27)25-24-10-12-6-15(22)20(16(23)7-12)30-11-19(26)28-2/h4-10H,3,11H2,1-2H3,(H,25,27)/b24-10+. The molecule has 1 heterocycles. The minimum Gasteiger partial charge on any atom is -0.494 e. The van der Waals surface area contributed by atoms with Crippen molar-refractivity contribution in [2.75, 3.05) is 20.3 Å². The van der Waals surface area contributed by atoms with Gasteiger partial charge in [0.1, 0.15) is 11.3 Å². The number of rotatable bonds is 8. The minimum absolute atomic E-state index is 0.117. The van der Waals surface area contributed by atoms with Crippen LogP contribution < -0.4 is 14.9 Å². The second kappa shape index (κ2) is 10.3. The Morgan fingerprint density at radius 1 is 1.23 bits per heavy atom. The van der Waals surface area contributed by atoms with Crippen LogP contribution in [-0.4, -0.2) is 38.4 Å². The van der Waals surface area contributed by atoms with Gasteiger partial charge in [-0.15, -0.1) is 0 Å². The van der Waals surface area contributed by atoms with Crippen LogP contribution in [0.5, 0.6) is 11.5 Å². The smallest absolute Gasteiger partial charge is 0.343 e. The zero-order valence-electron chi connectivity index (χ0n) is 16.6. The Labute approximate surface area is 191 Å². The van der Waals surface area contributed by atoms with Gasteiger partial charge in [0.05, 0.1) is 29.4 Å². The minimum atomic E-state index is -0.531. The van der Waals surface area contributed by atoms with Crippen LogP contribution in [0.25, 0.3) is 11.0 Å². The molecule has 0 aliphatic heterocycles. The van der Waals surface area contributed by atoms with E-state index in [0.29, 0.717) is 33.7 Å². The van der Waals surface area contributed by atoms with Gasteiger partial charge < -0.3 is 18.6 Å². The Balaban J connectivity index is 1.66. The number of nitrogens with zero attached hydrogens (tertiary/aromatic N) is 1. The molecule has 0 fully saturated rings. The number of hydrogen-bond donors (Lipinski definition) is 1. The first-order valence-corrected chi connectivity index (χ1v) is 10.3. The number of hydrogen-bond acceptors (Lipinski definition) is 7. The van der Waals surface area contributed by atoms with E-state index in [4.69, 9.17) is 25.5 Å². The number of amides is 1. The number of fused-ring (bicyclic) bond motifs is 1. The van der Waals surface area contributed by atoms with Gasteiger partial charge in [0, 0.05) is 5.39 Å². The third kappa shape index (κ3) is 5.77. The maximum atomic E-state index is 12.3. The maximum Gasteiger partial charge on any atom is 0.343 e. The summed E-state index contributed by atoms with van der Waals surface area (Å²) in [6, 6.07) is 10.2. The van der Waals surface area contributed by atoms with Crippen molar-refractivity contribution >= 4 is 56.6 Å². The van der Waals surface area contributed by atoms with Gasteiger partial charge in [0.2, 0.25) is 0 Å². The summed E-state index contributed by atoms with van der Waals surface area (Å²) in [5, 5.41) is 4.94. The summed E-state index contributed by atoms with van der Waals surface area (Å²) < 4.78 is 21.4. The lowest BCUT2D eigenvalue weighted by Crippen LogP contribution is -2.16. The van der Waals surface area contributed by atoms with Gasteiger partial charge in [-0.05, 0) is 64.8 Å². The molecule has 10 heteroatoms. The molecule has 3 aromatic rings. The van der Waals surface area contributed by atoms with E-state index < -0.39 is 11.9 Å². The molecule has 0 aliphatic carbocycles. The van der Waals surface area contributed by atoms with E-state index in [1.807, 2.05) is 6.92 Å². The second-order valence-electron chi connectivity index (χ2n) is 6.12. The number of esters is 1. The van der Waals surface area contributed by atoms with Crippen molar-refractivity contribution in [3.8, 4) is 11.5 Å². The van der Waals surface area contributed by atoms with Crippen molar-refractivity contribution in [1.29, 1.82) is 0 Å². The number of carbonyl (C=O) groups excluding carboxylic acids is 2. The van der Waals surface area contributed by atoms with Crippen LogP contribution in [0.3, 0.4) is 0 Å². The third-order valence-corrected chi connectivity index (χ3v) is 4.85. The van der Waals surface area contributed by atoms with Gasteiger partial charge in [-0.25, -0.2) is 10.2 Å². The number of benzene rings is 2. The molecule has 0 spiro atoms. The molecule has 8 nitrogen and oxygen atoms in total. The van der Waals surface area contributed by atoms with Crippen LogP contribution in [0.1, 0.15) is 23.0 Å². The zero-order valence-corrected chi connectivity index (χ0v) is 19.0. The van der Waals surface area contributed by atoms with Crippen molar-refractivity contribution < 1.29 is 28.2 Å². The lowest BCUT2D eigenvalue weighted by Gasteiger charge is -2.09. The fraction of sp³-hybridized carbons (Fsp3) is 0.190. The molecule has 0 saturated carbocycles. The van der Waals surface area contributed by atoms with Crippen LogP contribution in [0.2, 0.25) is 5.02 Å². The van der Waals surface area contributed by atoms with Gasteiger partial charge in [-0.1, -0.05) is 11.6 Å². The highest BCUT2D eigenvalue weighted by Gasteiger charge is 2.13. The fourth-order valence-electron chi connectivity index (χ4n) is 2.59. The Morgan fingerprint density at radius 2 is 2.03 bits per heavy atom. The van der Waals surface area contributed by atoms with E-state index in [1.165, 1.54) is 13.3 Å². The van der Waals surface area contributed by atoms with Gasteiger partial charge in [0.15, 0.2) is 18.1 Å². The molecule has 0 saturated heterocycles. The average molecular weight is 510 g/mol. The summed E-state index contributed by atoms with van der Waals surface area (Å²) >= 11 is 9.53. The first-order chi connectivity index (χ1) is 14.9. The van der Waals surface area contributed by atoms with Crippen molar-refractivity contribution in [1.82, 2.24) is 5.43 Å². The summed E-state index contributed by atoms with van der Waals surface area (Å²) in [6.45, 7) is 2.16. The molecular weight excluding hydrogens is 492 g/mol. The van der Waals surface area contributed by atoms with E-state index in [2.05, 4.69) is 31.2 Å². The van der Waals surface area contributed by atoms with Gasteiger partial charge >= 0.3 is 11.9 Å². The molecule has 3 rings (SSSR count). The highest BCUT2D eigenvalue weighted by atomic mass is 79.9. The van der Waals surface area contributed by atoms with Crippen LogP contribution in [0.15, 0.2) is 50.4 Å². The number of methoxy groups -OCH3 is 1. The number of hydrazone groups is 1. The molecule has 0 aliphatic rings. The highest BCUT2D eigenvalue weighted by molar-refractivity contribution is 9.10. The van der Waals surface area contributed by atoms with Crippen molar-refractivity contribution in [3.63, 3.8) is 0 Å². The average Bonchev–Trinajstić information content (AvgIpc) is 3.16. The van der Waals surface area contributed by atoms with Crippen LogP contribution in [-0.2, 0) is 9.53 Å². The Morgan fingerprint density at radius 3 is 2.74 bits per heavy atom. The quantitative estimate of drug-likeness (QED) is 0.271. The maximum absolute atomic E-state index is 12.3. The van der Waals surface area contributed by atoms with E-state index in [9.17, 15) is 9.59 Å². The van der Waals surface area contributed by atoms with E-state index >= 15 is 0 Å². The van der Waals surface area contributed by atoms with Crippen molar-refractivity contribution in [2.24, 2.45) is 5.10 Å². The lowest BCUT2D eigenvalue weighted by atomic mass is 10.2. The summed E-state index contributed by atoms with van der Waals surface area (Å²) in [4.78, 5) is 23.6. The molecule has 0 radical (unpaired) electrons. The Kier molecular flexibility index (Phi) is 7.54. The second-order valence-corrected chi connectivity index (χ2v) is 7.38. The predicted octanol–water partition coefficient (Wildman–Crippen LogP) is 4.56. The Bertz CT molecular complexity index is 1120. The molecule has 0 atom stereocenters. The fourth-order valence-corrected chi connectivity index (χ4v) is 3.58. The van der Waals surface area contributed by atoms with Crippen LogP contribution in [0, 0.1) is 0 Å². The SMILES string of the molecule is CCOc1ccc2oc(C(=O)N/N=C/c3cc(Cl)c(OCC(=O)OC)c(Br)c3)cc2c1. The highest BCUT2D eigenvalue weighted by Crippen LogP contribution is 2.34. The molecule has 1 amide bonds. The summed E-state index contributed by atoms with van der Waals surface area (Å²) in [5.41, 5.74) is 3.56. The van der Waals surface area contributed by atoms with Gasteiger partial charge in [0.25, 0.3) is 0 Å².